The van der Waals surface area contributed by atoms with E-state index in [-0.39, 0.29) is 47.1 Å². The molecule has 2 heterocycles. The largest absolute Gasteiger partial charge is 0.370 e. The highest BCUT2D eigenvalue weighted by atomic mass is 32.2. The smallest absolute Gasteiger partial charge is 0.270 e. The summed E-state index contributed by atoms with van der Waals surface area (Å²) in [7, 11) is -4.22. The Morgan fingerprint density at radius 3 is 2.15 bits per heavy atom. The Morgan fingerprint density at radius 2 is 1.53 bits per heavy atom. The van der Waals surface area contributed by atoms with E-state index in [1.165, 1.54) is 16.4 Å². The molecule has 4 rings (SSSR count). The number of rotatable bonds is 13. The van der Waals surface area contributed by atoms with E-state index in [9.17, 15) is 28.1 Å². The first kappa shape index (κ1) is 35.8. The van der Waals surface area contributed by atoms with Crippen molar-refractivity contribution in [3.05, 3.63) is 58.1 Å². The van der Waals surface area contributed by atoms with E-state index in [1.807, 2.05) is 56.9 Å². The van der Waals surface area contributed by atoms with E-state index in [0.717, 1.165) is 36.7 Å². The normalized spacial score (nSPS) is 19.0. The second-order valence-electron chi connectivity index (χ2n) is 11.9. The number of benzene rings is 2. The van der Waals surface area contributed by atoms with E-state index >= 15 is 0 Å². The highest BCUT2D eigenvalue weighted by Gasteiger charge is 2.36. The zero-order chi connectivity index (χ0) is 34.1. The first-order chi connectivity index (χ1) is 22.5. The standard InChI is InChI=1S/C33H47N7O6S/c1-5-36(6-2)32(41)26-14-11-19-38(23-26)30-16-10-9-13-25(30)22-34-35-29-18-17-28(40(43)44)21-31(29)47(45,46)39-20-12-15-27(24-39)33(42)37(7-3)8-4/h9-10,13,16-18,21-22,26-27,35H,5-8,11-12,14-15,19-20,23-24H2,1-4H3/b34-22-/t26-,27+/m1/s1. The fourth-order valence-electron chi connectivity index (χ4n) is 6.47. The van der Waals surface area contributed by atoms with Crippen LogP contribution in [0.2, 0.25) is 0 Å². The molecule has 2 fully saturated rings. The van der Waals surface area contributed by atoms with Gasteiger partial charge >= 0.3 is 0 Å². The predicted molar refractivity (Wildman–Crippen MR) is 183 cm³/mol. The van der Waals surface area contributed by atoms with Crippen LogP contribution in [0.3, 0.4) is 0 Å². The van der Waals surface area contributed by atoms with Gasteiger partial charge in [-0.3, -0.25) is 25.1 Å². The van der Waals surface area contributed by atoms with Gasteiger partial charge in [0, 0.05) is 75.7 Å². The van der Waals surface area contributed by atoms with Crippen molar-refractivity contribution in [2.45, 2.75) is 58.3 Å². The Balaban J connectivity index is 1.58. The average molecular weight is 670 g/mol. The van der Waals surface area contributed by atoms with Crippen molar-refractivity contribution in [3.63, 3.8) is 0 Å². The molecule has 2 saturated heterocycles. The number of piperidine rings is 2. The Bertz CT molecular complexity index is 1560. The van der Waals surface area contributed by atoms with Crippen molar-refractivity contribution in [3.8, 4) is 0 Å². The number of nitro groups is 1. The number of hydrogen-bond acceptors (Lipinski definition) is 9. The van der Waals surface area contributed by atoms with Gasteiger partial charge < -0.3 is 14.7 Å². The molecule has 0 radical (unpaired) electrons. The van der Waals surface area contributed by atoms with Crippen LogP contribution in [0, 0.1) is 22.0 Å². The van der Waals surface area contributed by atoms with Gasteiger partial charge in [-0.15, -0.1) is 0 Å². The number of sulfonamides is 1. The molecular weight excluding hydrogens is 622 g/mol. The molecular formula is C33H47N7O6S. The summed E-state index contributed by atoms with van der Waals surface area (Å²) in [6.45, 7) is 11.7. The maximum Gasteiger partial charge on any atom is 0.270 e. The number of carbonyl (C=O) groups is 2. The molecule has 1 N–H and O–H groups in total. The lowest BCUT2D eigenvalue weighted by Crippen LogP contribution is -2.46. The van der Waals surface area contributed by atoms with Crippen LogP contribution >= 0.6 is 0 Å². The van der Waals surface area contributed by atoms with E-state index in [2.05, 4.69) is 15.4 Å². The minimum Gasteiger partial charge on any atom is -0.370 e. The zero-order valence-electron chi connectivity index (χ0n) is 27.8. The second-order valence-corrected chi connectivity index (χ2v) is 13.8. The Labute approximate surface area is 277 Å². The van der Waals surface area contributed by atoms with E-state index < -0.39 is 20.9 Å². The van der Waals surface area contributed by atoms with Gasteiger partial charge in [0.15, 0.2) is 0 Å². The van der Waals surface area contributed by atoms with Crippen LogP contribution in [0.4, 0.5) is 17.1 Å². The van der Waals surface area contributed by atoms with Crippen LogP contribution in [0.1, 0.15) is 58.9 Å². The summed E-state index contributed by atoms with van der Waals surface area (Å²) in [4.78, 5) is 42.6. The molecule has 0 bridgehead atoms. The summed E-state index contributed by atoms with van der Waals surface area (Å²) in [6.07, 6.45) is 4.38. The van der Waals surface area contributed by atoms with Gasteiger partial charge in [-0.1, -0.05) is 18.2 Å². The number of hydrazone groups is 1. The molecule has 2 aliphatic rings. The highest BCUT2D eigenvalue weighted by Crippen LogP contribution is 2.32. The van der Waals surface area contributed by atoms with Gasteiger partial charge in [0.25, 0.3) is 5.69 Å². The SMILES string of the molecule is CCN(CC)C(=O)[C@@H]1CCCN(c2ccccc2/C=N\Nc2ccc([N+](=O)[O-])cc2S(=O)(=O)N2CCC[C@H](C(=O)N(CC)CC)C2)C1. The van der Waals surface area contributed by atoms with Crippen molar-refractivity contribution in [1.29, 1.82) is 0 Å². The number of anilines is 2. The molecule has 14 heteroatoms. The predicted octanol–water partition coefficient (Wildman–Crippen LogP) is 4.39. The molecule has 0 aromatic heterocycles. The van der Waals surface area contributed by atoms with Gasteiger partial charge in [0.1, 0.15) is 4.90 Å². The fourth-order valence-corrected chi connectivity index (χ4v) is 8.16. The lowest BCUT2D eigenvalue weighted by molar-refractivity contribution is -0.385. The maximum atomic E-state index is 14.0. The van der Waals surface area contributed by atoms with Crippen LogP contribution in [0.15, 0.2) is 52.5 Å². The molecule has 0 spiro atoms. The van der Waals surface area contributed by atoms with Gasteiger partial charge in [-0.25, -0.2) is 8.42 Å². The molecule has 2 atom stereocenters. The highest BCUT2D eigenvalue weighted by molar-refractivity contribution is 7.89. The fraction of sp³-hybridized carbons (Fsp3) is 0.545. The Morgan fingerprint density at radius 1 is 0.936 bits per heavy atom. The van der Waals surface area contributed by atoms with E-state index in [0.29, 0.717) is 45.6 Å². The summed E-state index contributed by atoms with van der Waals surface area (Å²) in [6, 6.07) is 11.3. The van der Waals surface area contributed by atoms with Crippen molar-refractivity contribution >= 4 is 45.1 Å². The zero-order valence-corrected chi connectivity index (χ0v) is 28.6. The number of nitro benzene ring substituents is 1. The summed E-state index contributed by atoms with van der Waals surface area (Å²) >= 11 is 0. The quantitative estimate of drug-likeness (QED) is 0.188. The minimum absolute atomic E-state index is 0.00401. The lowest BCUT2D eigenvalue weighted by atomic mass is 9.95. The topological polar surface area (TPSA) is 149 Å². The first-order valence-electron chi connectivity index (χ1n) is 16.5. The summed E-state index contributed by atoms with van der Waals surface area (Å²) in [5, 5.41) is 16.0. The summed E-state index contributed by atoms with van der Waals surface area (Å²) in [5.74, 6) is -0.513. The van der Waals surface area contributed by atoms with Gasteiger partial charge in [0.05, 0.1) is 28.7 Å². The van der Waals surface area contributed by atoms with Gasteiger partial charge in [-0.2, -0.15) is 9.41 Å². The number of nitrogens with one attached hydrogen (secondary N) is 1. The lowest BCUT2D eigenvalue weighted by Gasteiger charge is -2.36. The van der Waals surface area contributed by atoms with E-state index in [4.69, 9.17) is 0 Å². The molecule has 0 unspecified atom stereocenters. The van der Waals surface area contributed by atoms with Crippen molar-refractivity contribution in [2.24, 2.45) is 16.9 Å². The van der Waals surface area contributed by atoms with Crippen LogP contribution in [0.25, 0.3) is 0 Å². The molecule has 0 saturated carbocycles. The molecule has 0 aliphatic carbocycles. The number of amides is 2. The number of non-ortho nitro benzene ring substituents is 1. The number of carbonyl (C=O) groups excluding carboxylic acids is 2. The molecule has 2 amide bonds. The average Bonchev–Trinajstić information content (AvgIpc) is 3.09. The Hall–Kier alpha value is -4.04. The number of para-hydroxylation sites is 1. The molecule has 47 heavy (non-hydrogen) atoms. The third kappa shape index (κ3) is 8.28. The second kappa shape index (κ2) is 16.2. The molecule has 2 aliphatic heterocycles. The maximum absolute atomic E-state index is 14.0. The molecule has 13 nitrogen and oxygen atoms in total. The van der Waals surface area contributed by atoms with Crippen molar-refractivity contribution < 1.29 is 22.9 Å². The van der Waals surface area contributed by atoms with Crippen LogP contribution in [-0.2, 0) is 19.6 Å². The number of nitrogens with zero attached hydrogens (tertiary/aromatic N) is 6. The van der Waals surface area contributed by atoms with Crippen LogP contribution in [0.5, 0.6) is 0 Å². The van der Waals surface area contributed by atoms with Crippen molar-refractivity contribution in [2.75, 3.05) is 62.7 Å². The molecule has 2 aromatic rings. The molecule has 256 valence electrons. The molecule has 2 aromatic carbocycles. The van der Waals surface area contributed by atoms with Crippen molar-refractivity contribution in [1.82, 2.24) is 14.1 Å². The van der Waals surface area contributed by atoms with E-state index in [1.54, 1.807) is 11.1 Å². The van der Waals surface area contributed by atoms with Gasteiger partial charge in [0.2, 0.25) is 21.8 Å². The monoisotopic (exact) mass is 669 g/mol. The Kier molecular flexibility index (Phi) is 12.3. The van der Waals surface area contributed by atoms with Crippen LogP contribution < -0.4 is 10.3 Å². The third-order valence-electron chi connectivity index (χ3n) is 9.11. The summed E-state index contributed by atoms with van der Waals surface area (Å²) < 4.78 is 29.2. The third-order valence-corrected chi connectivity index (χ3v) is 11.0. The van der Waals surface area contributed by atoms with Crippen LogP contribution in [-0.4, -0.2) is 97.8 Å². The first-order valence-corrected chi connectivity index (χ1v) is 18.0. The van der Waals surface area contributed by atoms with Gasteiger partial charge in [-0.05, 0) is 65.5 Å². The minimum atomic E-state index is -4.22. The summed E-state index contributed by atoms with van der Waals surface area (Å²) in [5.41, 5.74) is 4.22. The number of hydrogen-bond donors (Lipinski definition) is 1.